The fourth-order valence-electron chi connectivity index (χ4n) is 2.99. The Bertz CT molecular complexity index is 891. The van der Waals surface area contributed by atoms with Crippen molar-refractivity contribution in [3.05, 3.63) is 29.8 Å². The highest BCUT2D eigenvalue weighted by molar-refractivity contribution is 7.89. The molecule has 1 N–H and O–H groups in total. The van der Waals surface area contributed by atoms with Crippen molar-refractivity contribution in [1.82, 2.24) is 14.5 Å². The first kappa shape index (κ1) is 21.3. The number of hydrogen-bond donors (Lipinski definition) is 1. The van der Waals surface area contributed by atoms with E-state index in [0.29, 0.717) is 13.1 Å². The molecule has 1 aromatic carbocycles. The molecule has 3 rings (SSSR count). The van der Waals surface area contributed by atoms with Gasteiger partial charge in [0.25, 0.3) is 5.91 Å². The van der Waals surface area contributed by atoms with Crippen LogP contribution in [-0.2, 0) is 24.3 Å². The van der Waals surface area contributed by atoms with Crippen molar-refractivity contribution in [3.8, 4) is 0 Å². The smallest absolute Gasteiger partial charge is 0.338 e. The predicted molar refractivity (Wildman–Crippen MR) is 104 cm³/mol. The third-order valence-electron chi connectivity index (χ3n) is 4.85. The molecule has 9 nitrogen and oxygen atoms in total. The normalized spacial score (nSPS) is 17.0. The summed E-state index contributed by atoms with van der Waals surface area (Å²) in [6.45, 7) is 0.282. The minimum absolute atomic E-state index is 0.0223. The second-order valence-electron chi connectivity index (χ2n) is 7.31. The summed E-state index contributed by atoms with van der Waals surface area (Å²) >= 11 is 0. The Balaban J connectivity index is 1.55. The molecule has 2 aliphatic rings. The number of hydrogen-bond acceptors (Lipinski definition) is 6. The third-order valence-corrected chi connectivity index (χ3v) is 6.74. The molecule has 1 heterocycles. The summed E-state index contributed by atoms with van der Waals surface area (Å²) < 4.78 is 31.6. The largest absolute Gasteiger partial charge is 0.452 e. The van der Waals surface area contributed by atoms with Crippen molar-refractivity contribution in [2.45, 2.75) is 36.6 Å². The zero-order chi connectivity index (χ0) is 21.0. The molecule has 0 atom stereocenters. The van der Waals surface area contributed by atoms with Gasteiger partial charge in [0.1, 0.15) is 0 Å². The highest BCUT2D eigenvalue weighted by atomic mass is 32.2. The fraction of sp³-hybridized carbons (Fsp3) is 0.526. The number of nitrogens with one attached hydrogen (secondary N) is 1. The van der Waals surface area contributed by atoms with Crippen LogP contribution in [0.1, 0.15) is 36.0 Å². The van der Waals surface area contributed by atoms with Gasteiger partial charge in [-0.15, -0.1) is 0 Å². The molecule has 2 fully saturated rings. The van der Waals surface area contributed by atoms with Crippen LogP contribution in [0.25, 0.3) is 0 Å². The van der Waals surface area contributed by atoms with E-state index in [9.17, 15) is 22.8 Å². The summed E-state index contributed by atoms with van der Waals surface area (Å²) in [6.07, 6.45) is 3.53. The number of nitrogens with zero attached hydrogens (tertiary/aromatic N) is 2. The lowest BCUT2D eigenvalue weighted by atomic mass is 10.2. The van der Waals surface area contributed by atoms with Crippen LogP contribution >= 0.6 is 0 Å². The topological polar surface area (TPSA) is 113 Å². The number of sulfonamides is 1. The van der Waals surface area contributed by atoms with Gasteiger partial charge in [0.05, 0.1) is 17.0 Å². The number of ether oxygens (including phenoxy) is 1. The standard InChI is InChI=1S/C19H25N3O6S/c1-21(12-17(23)20-15-7-8-15)18(24)13-28-19(25)14-5-4-6-16(11-14)29(26,27)22-9-2-3-10-22/h4-6,11,15H,2-3,7-10,12-13H2,1H3,(H,20,23). The molecule has 1 aliphatic carbocycles. The van der Waals surface area contributed by atoms with Gasteiger partial charge < -0.3 is 15.0 Å². The van der Waals surface area contributed by atoms with Gasteiger partial charge in [-0.1, -0.05) is 6.07 Å². The van der Waals surface area contributed by atoms with Gasteiger partial charge in [-0.05, 0) is 43.9 Å². The van der Waals surface area contributed by atoms with Gasteiger partial charge in [0, 0.05) is 26.2 Å². The van der Waals surface area contributed by atoms with Crippen LogP contribution in [0, 0.1) is 0 Å². The Morgan fingerprint density at radius 1 is 1.21 bits per heavy atom. The summed E-state index contributed by atoms with van der Waals surface area (Å²) in [4.78, 5) is 37.3. The predicted octanol–water partition coefficient (Wildman–Crippen LogP) is 0.365. The SMILES string of the molecule is CN(CC(=O)NC1CC1)C(=O)COC(=O)c1cccc(S(=O)(=O)N2CCCC2)c1. The van der Waals surface area contributed by atoms with Gasteiger partial charge in [0.2, 0.25) is 15.9 Å². The molecule has 1 saturated carbocycles. The van der Waals surface area contributed by atoms with E-state index < -0.39 is 28.5 Å². The summed E-state index contributed by atoms with van der Waals surface area (Å²) in [5, 5.41) is 2.77. The summed E-state index contributed by atoms with van der Waals surface area (Å²) in [7, 11) is -2.20. The van der Waals surface area contributed by atoms with E-state index >= 15 is 0 Å². The van der Waals surface area contributed by atoms with Crippen molar-refractivity contribution in [1.29, 1.82) is 0 Å². The molecule has 2 amide bonds. The van der Waals surface area contributed by atoms with Crippen molar-refractivity contribution in [2.24, 2.45) is 0 Å². The molecule has 1 aliphatic heterocycles. The summed E-state index contributed by atoms with van der Waals surface area (Å²) in [5.41, 5.74) is 0.0483. The van der Waals surface area contributed by atoms with Crippen LogP contribution in [-0.4, -0.2) is 74.7 Å². The molecule has 158 valence electrons. The van der Waals surface area contributed by atoms with Crippen LogP contribution in [0.4, 0.5) is 0 Å². The Labute approximate surface area is 170 Å². The van der Waals surface area contributed by atoms with Crippen LogP contribution in [0.2, 0.25) is 0 Å². The summed E-state index contributed by atoms with van der Waals surface area (Å²) in [5.74, 6) is -1.58. The van der Waals surface area contributed by atoms with Crippen molar-refractivity contribution < 1.29 is 27.5 Å². The van der Waals surface area contributed by atoms with Crippen LogP contribution < -0.4 is 5.32 Å². The molecule has 0 unspecified atom stereocenters. The van der Waals surface area contributed by atoms with Gasteiger partial charge in [-0.2, -0.15) is 4.31 Å². The Morgan fingerprint density at radius 2 is 1.90 bits per heavy atom. The van der Waals surface area contributed by atoms with Crippen LogP contribution in [0.15, 0.2) is 29.2 Å². The average Bonchev–Trinajstić information content (AvgIpc) is 3.32. The second-order valence-corrected chi connectivity index (χ2v) is 9.24. The van der Waals surface area contributed by atoms with Crippen molar-refractivity contribution in [2.75, 3.05) is 33.3 Å². The minimum atomic E-state index is -3.65. The lowest BCUT2D eigenvalue weighted by Gasteiger charge is -2.17. The maximum absolute atomic E-state index is 12.6. The Kier molecular flexibility index (Phi) is 6.53. The molecule has 0 radical (unpaired) electrons. The van der Waals surface area contributed by atoms with E-state index in [4.69, 9.17) is 4.74 Å². The first-order valence-corrected chi connectivity index (χ1v) is 11.0. The van der Waals surface area contributed by atoms with E-state index in [0.717, 1.165) is 25.7 Å². The molecule has 0 aromatic heterocycles. The van der Waals surface area contributed by atoms with E-state index in [1.807, 2.05) is 0 Å². The number of rotatable bonds is 8. The highest BCUT2D eigenvalue weighted by Crippen LogP contribution is 2.22. The first-order valence-electron chi connectivity index (χ1n) is 9.58. The van der Waals surface area contributed by atoms with Gasteiger partial charge in [0.15, 0.2) is 6.61 Å². The molecule has 10 heteroatoms. The van der Waals surface area contributed by atoms with Gasteiger partial charge >= 0.3 is 5.97 Å². The van der Waals surface area contributed by atoms with E-state index in [2.05, 4.69) is 5.32 Å². The molecule has 1 saturated heterocycles. The zero-order valence-electron chi connectivity index (χ0n) is 16.3. The molecule has 29 heavy (non-hydrogen) atoms. The Hall–Kier alpha value is -2.46. The number of carbonyl (C=O) groups is 3. The van der Waals surface area contributed by atoms with Crippen LogP contribution in [0.5, 0.6) is 0 Å². The monoisotopic (exact) mass is 423 g/mol. The Morgan fingerprint density at radius 3 is 2.55 bits per heavy atom. The molecule has 0 bridgehead atoms. The number of likely N-dealkylation sites (N-methyl/N-ethyl adjacent to an activating group) is 1. The molecule has 1 aromatic rings. The van der Waals surface area contributed by atoms with E-state index in [1.54, 1.807) is 0 Å². The fourth-order valence-corrected chi connectivity index (χ4v) is 4.55. The lowest BCUT2D eigenvalue weighted by Crippen LogP contribution is -2.40. The third kappa shape index (κ3) is 5.54. The minimum Gasteiger partial charge on any atom is -0.452 e. The number of carbonyl (C=O) groups excluding carboxylic acids is 3. The molecular formula is C19H25N3O6S. The van der Waals surface area contributed by atoms with E-state index in [-0.39, 0.29) is 29.0 Å². The lowest BCUT2D eigenvalue weighted by molar-refractivity contribution is -0.137. The zero-order valence-corrected chi connectivity index (χ0v) is 17.1. The quantitative estimate of drug-likeness (QED) is 0.604. The maximum atomic E-state index is 12.6. The summed E-state index contributed by atoms with van der Waals surface area (Å²) in [6, 6.07) is 5.79. The second kappa shape index (κ2) is 8.91. The average molecular weight is 423 g/mol. The highest BCUT2D eigenvalue weighted by Gasteiger charge is 2.28. The molecule has 0 spiro atoms. The first-order chi connectivity index (χ1) is 13.8. The number of esters is 1. The van der Waals surface area contributed by atoms with Crippen molar-refractivity contribution in [3.63, 3.8) is 0 Å². The van der Waals surface area contributed by atoms with E-state index in [1.165, 1.54) is 40.5 Å². The number of benzene rings is 1. The maximum Gasteiger partial charge on any atom is 0.338 e. The molecular weight excluding hydrogens is 398 g/mol. The number of amides is 2. The van der Waals surface area contributed by atoms with Crippen LogP contribution in [0.3, 0.4) is 0 Å². The van der Waals surface area contributed by atoms with Crippen molar-refractivity contribution >= 4 is 27.8 Å². The van der Waals surface area contributed by atoms with Gasteiger partial charge in [-0.3, -0.25) is 9.59 Å². The van der Waals surface area contributed by atoms with Gasteiger partial charge in [-0.25, -0.2) is 13.2 Å².